The highest BCUT2D eigenvalue weighted by Gasteiger charge is 2.34. The molecule has 4 aromatic carbocycles. The molecule has 0 unspecified atom stereocenters. The zero-order valence-electron chi connectivity index (χ0n) is 16.5. The Morgan fingerprint density at radius 1 is 0.667 bits per heavy atom. The maximum Gasteiger partial charge on any atom is 0.261 e. The van der Waals surface area contributed by atoms with Crippen LogP contribution in [0, 0.1) is 0 Å². The summed E-state index contributed by atoms with van der Waals surface area (Å²) in [6, 6.07) is 25.6. The Kier molecular flexibility index (Phi) is 4.68. The van der Waals surface area contributed by atoms with Crippen LogP contribution in [-0.4, -0.2) is 29.9 Å². The van der Waals surface area contributed by atoms with Crippen molar-refractivity contribution in [3.8, 4) is 5.75 Å². The summed E-state index contributed by atoms with van der Waals surface area (Å²) in [5.74, 6) is 0.498. The number of ether oxygens (including phenoxy) is 1. The molecule has 1 aliphatic heterocycles. The molecule has 0 bridgehead atoms. The Bertz CT molecular complexity index is 1190. The Labute approximate surface area is 174 Å². The van der Waals surface area contributed by atoms with E-state index in [9.17, 15) is 9.59 Å². The molecule has 0 aromatic heterocycles. The fraction of sp³-hybridized carbons (Fsp3) is 0.154. The molecule has 0 saturated heterocycles. The predicted octanol–water partition coefficient (Wildman–Crippen LogP) is 5.45. The van der Waals surface area contributed by atoms with Gasteiger partial charge in [-0.25, -0.2) is 0 Å². The third-order valence-corrected chi connectivity index (χ3v) is 5.62. The van der Waals surface area contributed by atoms with E-state index in [1.165, 1.54) is 4.90 Å². The van der Waals surface area contributed by atoms with Crippen LogP contribution in [0.1, 0.15) is 33.6 Å². The molecule has 0 atom stereocenters. The van der Waals surface area contributed by atoms with E-state index < -0.39 is 0 Å². The summed E-state index contributed by atoms with van der Waals surface area (Å²) in [5, 5.41) is 4.49. The molecule has 4 aromatic rings. The largest absolute Gasteiger partial charge is 0.492 e. The molecule has 5 rings (SSSR count). The van der Waals surface area contributed by atoms with Crippen LogP contribution in [0.2, 0.25) is 0 Å². The predicted molar refractivity (Wildman–Crippen MR) is 118 cm³/mol. The number of unbranched alkanes of at least 4 members (excludes halogenated alkanes) is 1. The fourth-order valence-electron chi connectivity index (χ4n) is 4.12. The molecule has 0 aliphatic carbocycles. The first kappa shape index (κ1) is 18.4. The van der Waals surface area contributed by atoms with Crippen molar-refractivity contribution in [2.45, 2.75) is 12.8 Å². The molecule has 4 nitrogen and oxygen atoms in total. The molecule has 148 valence electrons. The van der Waals surface area contributed by atoms with Crippen molar-refractivity contribution < 1.29 is 14.3 Å². The summed E-state index contributed by atoms with van der Waals surface area (Å²) < 4.78 is 6.22. The Morgan fingerprint density at radius 2 is 1.20 bits per heavy atom. The molecule has 1 aliphatic rings. The van der Waals surface area contributed by atoms with Gasteiger partial charge in [0.2, 0.25) is 0 Å². The second kappa shape index (κ2) is 7.64. The standard InChI is InChI=1S/C26H21NO3/c28-25-22-13-5-6-14-23(22)26(29)27(25)15-7-8-16-30-24-20-11-3-1-9-18(20)17-19-10-2-4-12-21(19)24/h1-6,9-14,17H,7-8,15-16H2. The molecule has 4 heteroatoms. The van der Waals surface area contributed by atoms with E-state index in [1.807, 2.05) is 24.3 Å². The molecule has 0 N–H and O–H groups in total. The topological polar surface area (TPSA) is 46.6 Å². The first-order valence-corrected chi connectivity index (χ1v) is 10.2. The number of hydrogen-bond acceptors (Lipinski definition) is 3. The molecule has 2 amide bonds. The van der Waals surface area contributed by atoms with E-state index in [0.717, 1.165) is 33.7 Å². The smallest absolute Gasteiger partial charge is 0.261 e. The average Bonchev–Trinajstić information content (AvgIpc) is 3.03. The monoisotopic (exact) mass is 395 g/mol. The summed E-state index contributed by atoms with van der Waals surface area (Å²) in [5.41, 5.74) is 1.00. The van der Waals surface area contributed by atoms with Gasteiger partial charge in [0.15, 0.2) is 0 Å². The Hall–Kier alpha value is -3.66. The minimum absolute atomic E-state index is 0.198. The number of nitrogens with zero attached hydrogens (tertiary/aromatic N) is 1. The van der Waals surface area contributed by atoms with Crippen molar-refractivity contribution >= 4 is 33.4 Å². The van der Waals surface area contributed by atoms with Gasteiger partial charge in [0.25, 0.3) is 11.8 Å². The van der Waals surface area contributed by atoms with Crippen molar-refractivity contribution in [2.24, 2.45) is 0 Å². The second-order valence-electron chi connectivity index (χ2n) is 7.51. The molecule has 0 saturated carbocycles. The number of imide groups is 1. The lowest BCUT2D eigenvalue weighted by molar-refractivity contribution is 0.0650. The van der Waals surface area contributed by atoms with Gasteiger partial charge >= 0.3 is 0 Å². The third kappa shape index (κ3) is 3.11. The van der Waals surface area contributed by atoms with Crippen LogP contribution in [0.5, 0.6) is 5.75 Å². The van der Waals surface area contributed by atoms with Crippen molar-refractivity contribution in [2.75, 3.05) is 13.2 Å². The van der Waals surface area contributed by atoms with E-state index in [0.29, 0.717) is 30.7 Å². The van der Waals surface area contributed by atoms with E-state index >= 15 is 0 Å². The SMILES string of the molecule is O=C1c2ccccc2C(=O)N1CCCCOc1c2ccccc2cc2ccccc12. The van der Waals surface area contributed by atoms with Crippen LogP contribution < -0.4 is 4.74 Å². The first-order valence-electron chi connectivity index (χ1n) is 10.2. The van der Waals surface area contributed by atoms with Crippen LogP contribution in [0.25, 0.3) is 21.5 Å². The fourth-order valence-corrected chi connectivity index (χ4v) is 4.12. The van der Waals surface area contributed by atoms with Crippen LogP contribution in [0.3, 0.4) is 0 Å². The van der Waals surface area contributed by atoms with E-state index in [-0.39, 0.29) is 11.8 Å². The second-order valence-corrected chi connectivity index (χ2v) is 7.51. The zero-order valence-corrected chi connectivity index (χ0v) is 16.5. The number of rotatable bonds is 6. The van der Waals surface area contributed by atoms with Crippen LogP contribution in [0.15, 0.2) is 78.9 Å². The van der Waals surface area contributed by atoms with Crippen LogP contribution in [-0.2, 0) is 0 Å². The minimum Gasteiger partial charge on any atom is -0.492 e. The normalized spacial score (nSPS) is 13.3. The highest BCUT2D eigenvalue weighted by Crippen LogP contribution is 2.35. The van der Waals surface area contributed by atoms with Crippen molar-refractivity contribution in [3.05, 3.63) is 90.0 Å². The first-order chi connectivity index (χ1) is 14.7. The van der Waals surface area contributed by atoms with E-state index in [2.05, 4.69) is 30.3 Å². The minimum atomic E-state index is -0.198. The number of carbonyl (C=O) groups is 2. The van der Waals surface area contributed by atoms with E-state index in [4.69, 9.17) is 4.74 Å². The van der Waals surface area contributed by atoms with E-state index in [1.54, 1.807) is 24.3 Å². The number of hydrogen-bond donors (Lipinski definition) is 0. The molecular formula is C26H21NO3. The van der Waals surface area contributed by atoms with Gasteiger partial charge in [-0.05, 0) is 41.8 Å². The third-order valence-electron chi connectivity index (χ3n) is 5.62. The lowest BCUT2D eigenvalue weighted by atomic mass is 10.0. The van der Waals surface area contributed by atoms with Crippen LogP contribution >= 0.6 is 0 Å². The summed E-state index contributed by atoms with van der Waals surface area (Å²) in [4.78, 5) is 26.3. The van der Waals surface area contributed by atoms with Gasteiger partial charge in [-0.2, -0.15) is 0 Å². The van der Waals surface area contributed by atoms with Gasteiger partial charge in [-0.1, -0.05) is 60.7 Å². The lowest BCUT2D eigenvalue weighted by Gasteiger charge is -2.15. The summed E-state index contributed by atoms with van der Waals surface area (Å²) in [7, 11) is 0. The number of carbonyl (C=O) groups excluding carboxylic acids is 2. The summed E-state index contributed by atoms with van der Waals surface area (Å²) in [6.07, 6.45) is 1.46. The highest BCUT2D eigenvalue weighted by atomic mass is 16.5. The van der Waals surface area contributed by atoms with Gasteiger partial charge in [0.1, 0.15) is 5.75 Å². The Balaban J connectivity index is 1.26. The van der Waals surface area contributed by atoms with Gasteiger partial charge in [0, 0.05) is 17.3 Å². The van der Waals surface area contributed by atoms with Gasteiger partial charge in [-0.3, -0.25) is 14.5 Å². The number of fused-ring (bicyclic) bond motifs is 3. The maximum absolute atomic E-state index is 12.5. The molecule has 0 spiro atoms. The van der Waals surface area contributed by atoms with Gasteiger partial charge < -0.3 is 4.74 Å². The van der Waals surface area contributed by atoms with Crippen molar-refractivity contribution in [1.82, 2.24) is 4.90 Å². The van der Waals surface area contributed by atoms with Crippen molar-refractivity contribution in [3.63, 3.8) is 0 Å². The van der Waals surface area contributed by atoms with Crippen molar-refractivity contribution in [1.29, 1.82) is 0 Å². The number of benzene rings is 4. The molecule has 0 fully saturated rings. The summed E-state index contributed by atoms with van der Waals surface area (Å²) in [6.45, 7) is 0.938. The Morgan fingerprint density at radius 3 is 1.80 bits per heavy atom. The quantitative estimate of drug-likeness (QED) is 0.248. The number of amides is 2. The zero-order chi connectivity index (χ0) is 20.5. The average molecular weight is 395 g/mol. The van der Waals surface area contributed by atoms with Gasteiger partial charge in [-0.15, -0.1) is 0 Å². The molecule has 1 heterocycles. The highest BCUT2D eigenvalue weighted by molar-refractivity contribution is 6.21. The van der Waals surface area contributed by atoms with Crippen LogP contribution in [0.4, 0.5) is 0 Å². The molecular weight excluding hydrogens is 374 g/mol. The molecule has 30 heavy (non-hydrogen) atoms. The molecule has 0 radical (unpaired) electrons. The lowest BCUT2D eigenvalue weighted by Crippen LogP contribution is -2.30. The summed E-state index contributed by atoms with van der Waals surface area (Å²) >= 11 is 0. The maximum atomic E-state index is 12.5. The van der Waals surface area contributed by atoms with Gasteiger partial charge in [0.05, 0.1) is 17.7 Å².